The highest BCUT2D eigenvalue weighted by molar-refractivity contribution is 6.12. The third-order valence-electron chi connectivity index (χ3n) is 3.93. The van der Waals surface area contributed by atoms with E-state index in [-0.39, 0.29) is 12.1 Å². The second-order valence-corrected chi connectivity index (χ2v) is 5.74. The Morgan fingerprint density at radius 3 is 2.35 bits per heavy atom. The number of amides is 3. The van der Waals surface area contributed by atoms with Crippen LogP contribution in [-0.2, 0) is 22.2 Å². The molecule has 1 N–H and O–H groups in total. The fraction of sp³-hybridized carbons (Fsp3) is 0.167. The number of carbonyl (C=O) groups is 3. The van der Waals surface area contributed by atoms with Crippen LogP contribution in [0.1, 0.15) is 21.5 Å². The lowest BCUT2D eigenvalue weighted by Crippen LogP contribution is -2.46. The van der Waals surface area contributed by atoms with Crippen molar-refractivity contribution in [1.29, 1.82) is 0 Å². The molecule has 3 rings (SSSR count). The third-order valence-corrected chi connectivity index (χ3v) is 3.93. The molecule has 134 valence electrons. The van der Waals surface area contributed by atoms with Crippen molar-refractivity contribution in [2.75, 3.05) is 11.9 Å². The molecule has 0 bridgehead atoms. The van der Waals surface area contributed by atoms with E-state index in [1.54, 1.807) is 24.3 Å². The molecule has 1 aliphatic heterocycles. The smallest absolute Gasteiger partial charge is 0.325 e. The molecule has 1 aliphatic rings. The molecule has 1 heterocycles. The molecule has 0 saturated carbocycles. The van der Waals surface area contributed by atoms with E-state index in [0.29, 0.717) is 11.1 Å². The second kappa shape index (κ2) is 6.62. The summed E-state index contributed by atoms with van der Waals surface area (Å²) in [6.07, 6.45) is -4.46. The predicted molar refractivity (Wildman–Crippen MR) is 86.3 cm³/mol. The number of hydrogen-bond acceptors (Lipinski definition) is 3. The van der Waals surface area contributed by atoms with Crippen LogP contribution in [0.25, 0.3) is 0 Å². The summed E-state index contributed by atoms with van der Waals surface area (Å²) in [6, 6.07) is 10.5. The van der Waals surface area contributed by atoms with Gasteiger partial charge in [0.1, 0.15) is 6.54 Å². The monoisotopic (exact) mass is 362 g/mol. The van der Waals surface area contributed by atoms with Gasteiger partial charge in [0.15, 0.2) is 0 Å². The molecule has 0 aromatic heterocycles. The normalized spacial score (nSPS) is 14.2. The molecule has 3 amide bonds. The van der Waals surface area contributed by atoms with Crippen LogP contribution in [0.2, 0.25) is 0 Å². The van der Waals surface area contributed by atoms with Crippen LogP contribution in [0, 0.1) is 0 Å². The number of halogens is 3. The summed E-state index contributed by atoms with van der Waals surface area (Å²) in [5.74, 6) is -1.75. The van der Waals surface area contributed by atoms with Gasteiger partial charge < -0.3 is 5.32 Å². The number of hydrogen-bond donors (Lipinski definition) is 1. The molecule has 0 spiro atoms. The topological polar surface area (TPSA) is 66.5 Å². The van der Waals surface area contributed by atoms with E-state index in [0.717, 1.165) is 29.2 Å². The van der Waals surface area contributed by atoms with Gasteiger partial charge in [-0.05, 0) is 35.9 Å². The van der Waals surface area contributed by atoms with Gasteiger partial charge in [-0.2, -0.15) is 13.2 Å². The van der Waals surface area contributed by atoms with Crippen LogP contribution in [0.5, 0.6) is 0 Å². The summed E-state index contributed by atoms with van der Waals surface area (Å²) in [6.45, 7) is -0.507. The average Bonchev–Trinajstić information content (AvgIpc) is 2.58. The zero-order valence-electron chi connectivity index (χ0n) is 13.3. The Labute approximate surface area is 146 Å². The van der Waals surface area contributed by atoms with Gasteiger partial charge in [-0.25, -0.2) is 0 Å². The van der Waals surface area contributed by atoms with Crippen molar-refractivity contribution in [2.24, 2.45) is 0 Å². The van der Waals surface area contributed by atoms with E-state index in [9.17, 15) is 27.6 Å². The van der Waals surface area contributed by atoms with Gasteiger partial charge in [-0.3, -0.25) is 19.3 Å². The van der Waals surface area contributed by atoms with Gasteiger partial charge in [-0.1, -0.05) is 18.2 Å². The first-order valence-corrected chi connectivity index (χ1v) is 7.65. The van der Waals surface area contributed by atoms with Crippen molar-refractivity contribution in [3.63, 3.8) is 0 Å². The molecular weight excluding hydrogens is 349 g/mol. The van der Waals surface area contributed by atoms with Gasteiger partial charge in [0, 0.05) is 11.3 Å². The van der Waals surface area contributed by atoms with E-state index in [2.05, 4.69) is 5.32 Å². The molecule has 0 saturated heterocycles. The molecule has 5 nitrogen and oxygen atoms in total. The van der Waals surface area contributed by atoms with E-state index < -0.39 is 36.0 Å². The van der Waals surface area contributed by atoms with E-state index in [1.807, 2.05) is 0 Å². The number of rotatable bonds is 3. The summed E-state index contributed by atoms with van der Waals surface area (Å²) in [7, 11) is 0. The molecule has 0 radical (unpaired) electrons. The zero-order chi connectivity index (χ0) is 18.9. The molecule has 26 heavy (non-hydrogen) atoms. The first-order chi connectivity index (χ1) is 12.3. The Bertz CT molecular complexity index is 876. The quantitative estimate of drug-likeness (QED) is 0.854. The summed E-state index contributed by atoms with van der Waals surface area (Å²) in [4.78, 5) is 37.4. The first kappa shape index (κ1) is 17.7. The van der Waals surface area contributed by atoms with Crippen LogP contribution in [0.4, 0.5) is 18.9 Å². The molecule has 2 aromatic rings. The number of alkyl halides is 3. The first-order valence-electron chi connectivity index (χ1n) is 7.65. The lowest BCUT2D eigenvalue weighted by atomic mass is 9.98. The summed E-state index contributed by atoms with van der Waals surface area (Å²) in [5, 5.41) is 2.38. The second-order valence-electron chi connectivity index (χ2n) is 5.74. The van der Waals surface area contributed by atoms with Crippen molar-refractivity contribution < 1.29 is 27.6 Å². The van der Waals surface area contributed by atoms with E-state index in [4.69, 9.17) is 0 Å². The maximum absolute atomic E-state index is 12.5. The maximum atomic E-state index is 12.5. The largest absolute Gasteiger partial charge is 0.416 e. The third kappa shape index (κ3) is 3.58. The maximum Gasteiger partial charge on any atom is 0.416 e. The lowest BCUT2D eigenvalue weighted by Gasteiger charge is -2.26. The molecular formula is C18H13F3N2O3. The standard InChI is InChI=1S/C18H13F3N2O3/c19-18(20,21)12-5-7-13(8-6-12)22-15(24)10-23-16(25)9-11-3-1-2-4-14(11)17(23)26/h1-8H,9-10H2,(H,22,24). The highest BCUT2D eigenvalue weighted by Gasteiger charge is 2.32. The minimum atomic E-state index is -4.47. The molecule has 8 heteroatoms. The average molecular weight is 362 g/mol. The fourth-order valence-corrected chi connectivity index (χ4v) is 2.65. The fourth-order valence-electron chi connectivity index (χ4n) is 2.65. The molecule has 2 aromatic carbocycles. The SMILES string of the molecule is O=C(CN1C(=O)Cc2ccccc2C1=O)Nc1ccc(C(F)(F)F)cc1. The highest BCUT2D eigenvalue weighted by Crippen LogP contribution is 2.29. The summed E-state index contributed by atoms with van der Waals surface area (Å²) >= 11 is 0. The van der Waals surface area contributed by atoms with Gasteiger partial charge in [0.25, 0.3) is 5.91 Å². The van der Waals surface area contributed by atoms with Crippen LogP contribution in [-0.4, -0.2) is 29.2 Å². The molecule has 0 unspecified atom stereocenters. The Morgan fingerprint density at radius 2 is 1.69 bits per heavy atom. The van der Waals surface area contributed by atoms with Crippen molar-refractivity contribution in [2.45, 2.75) is 12.6 Å². The van der Waals surface area contributed by atoms with E-state index >= 15 is 0 Å². The number of nitrogens with one attached hydrogen (secondary N) is 1. The van der Waals surface area contributed by atoms with Gasteiger partial charge in [-0.15, -0.1) is 0 Å². The van der Waals surface area contributed by atoms with Gasteiger partial charge >= 0.3 is 6.18 Å². The number of fused-ring (bicyclic) bond motifs is 1. The predicted octanol–water partition coefficient (Wildman–Crippen LogP) is 2.87. The summed E-state index contributed by atoms with van der Waals surface area (Å²) in [5.41, 5.74) is 0.255. The minimum absolute atomic E-state index is 0.00940. The molecule has 0 atom stereocenters. The Balaban J connectivity index is 1.68. The van der Waals surface area contributed by atoms with Crippen molar-refractivity contribution >= 4 is 23.4 Å². The van der Waals surface area contributed by atoms with Crippen molar-refractivity contribution in [1.82, 2.24) is 4.90 Å². The van der Waals surface area contributed by atoms with Crippen molar-refractivity contribution in [3.05, 3.63) is 65.2 Å². The van der Waals surface area contributed by atoms with Crippen LogP contribution >= 0.6 is 0 Å². The van der Waals surface area contributed by atoms with Gasteiger partial charge in [0.05, 0.1) is 12.0 Å². The van der Waals surface area contributed by atoms with E-state index in [1.165, 1.54) is 0 Å². The van der Waals surface area contributed by atoms with Crippen LogP contribution < -0.4 is 5.32 Å². The Kier molecular flexibility index (Phi) is 4.50. The number of anilines is 1. The number of imide groups is 1. The number of nitrogens with zero attached hydrogens (tertiary/aromatic N) is 1. The van der Waals surface area contributed by atoms with Crippen LogP contribution in [0.3, 0.4) is 0 Å². The molecule has 0 fully saturated rings. The van der Waals surface area contributed by atoms with Crippen molar-refractivity contribution in [3.8, 4) is 0 Å². The Hall–Kier alpha value is -3.16. The zero-order valence-corrected chi connectivity index (χ0v) is 13.3. The minimum Gasteiger partial charge on any atom is -0.325 e. The highest BCUT2D eigenvalue weighted by atomic mass is 19.4. The number of carbonyl (C=O) groups excluding carboxylic acids is 3. The lowest BCUT2D eigenvalue weighted by molar-refractivity contribution is -0.137. The van der Waals surface area contributed by atoms with Crippen LogP contribution in [0.15, 0.2) is 48.5 Å². The van der Waals surface area contributed by atoms with Gasteiger partial charge in [0.2, 0.25) is 11.8 Å². The molecule has 0 aliphatic carbocycles. The Morgan fingerprint density at radius 1 is 1.04 bits per heavy atom. The number of benzene rings is 2. The summed E-state index contributed by atoms with van der Waals surface area (Å²) < 4.78 is 37.6.